The molecule has 0 spiro atoms. The summed E-state index contributed by atoms with van der Waals surface area (Å²) in [6.45, 7) is 3.83. The van der Waals surface area contributed by atoms with Crippen LogP contribution in [0.2, 0.25) is 5.02 Å². The molecule has 3 aliphatic rings. The first kappa shape index (κ1) is 27.2. The van der Waals surface area contributed by atoms with Gasteiger partial charge in [-0.1, -0.05) is 48.0 Å². The van der Waals surface area contributed by atoms with Crippen molar-refractivity contribution in [2.24, 2.45) is 5.92 Å². The van der Waals surface area contributed by atoms with Crippen LogP contribution in [-0.4, -0.2) is 54.4 Å². The first-order valence-corrected chi connectivity index (χ1v) is 16.3. The van der Waals surface area contributed by atoms with E-state index in [-0.39, 0.29) is 23.8 Å². The van der Waals surface area contributed by atoms with Crippen molar-refractivity contribution < 1.29 is 13.2 Å². The van der Waals surface area contributed by atoms with E-state index in [1.54, 1.807) is 4.31 Å². The zero-order valence-electron chi connectivity index (χ0n) is 22.9. The van der Waals surface area contributed by atoms with Crippen LogP contribution in [0.5, 0.6) is 0 Å². The zero-order valence-corrected chi connectivity index (χ0v) is 24.5. The lowest BCUT2D eigenvalue weighted by Gasteiger charge is -2.35. The Labute approximate surface area is 241 Å². The molecule has 1 amide bonds. The summed E-state index contributed by atoms with van der Waals surface area (Å²) in [4.78, 5) is 20.0. The Balaban J connectivity index is 1.29. The van der Waals surface area contributed by atoms with Gasteiger partial charge in [-0.25, -0.2) is 12.7 Å². The highest BCUT2D eigenvalue weighted by molar-refractivity contribution is 7.88. The van der Waals surface area contributed by atoms with E-state index in [4.69, 9.17) is 16.6 Å². The maximum Gasteiger partial charge on any atom is 0.254 e. The Morgan fingerprint density at radius 1 is 1.00 bits per heavy atom. The summed E-state index contributed by atoms with van der Waals surface area (Å²) in [5, 5.41) is 0.688. The first-order chi connectivity index (χ1) is 19.2. The van der Waals surface area contributed by atoms with Crippen LogP contribution >= 0.6 is 11.6 Å². The van der Waals surface area contributed by atoms with Crippen LogP contribution in [0.1, 0.15) is 82.9 Å². The Hall–Kier alpha value is -3.00. The number of benzene rings is 2. The van der Waals surface area contributed by atoms with Crippen molar-refractivity contribution in [3.05, 3.63) is 99.3 Å². The van der Waals surface area contributed by atoms with Gasteiger partial charge in [-0.3, -0.25) is 9.78 Å². The molecule has 2 unspecified atom stereocenters. The number of allylic oxidation sites excluding steroid dienone is 1. The largest absolute Gasteiger partial charge is 0.332 e. The van der Waals surface area contributed by atoms with Crippen LogP contribution in [0, 0.1) is 5.92 Å². The van der Waals surface area contributed by atoms with Crippen molar-refractivity contribution in [3.63, 3.8) is 0 Å². The fourth-order valence-corrected chi connectivity index (χ4v) is 7.87. The number of pyridine rings is 1. The molecule has 8 heteroatoms. The summed E-state index contributed by atoms with van der Waals surface area (Å²) in [5.41, 5.74) is 7.57. The van der Waals surface area contributed by atoms with Gasteiger partial charge in [-0.2, -0.15) is 0 Å². The number of amides is 1. The molecule has 1 aromatic heterocycles. The van der Waals surface area contributed by atoms with Gasteiger partial charge < -0.3 is 4.90 Å². The molecule has 1 fully saturated rings. The molecule has 2 aliphatic heterocycles. The normalized spacial score (nSPS) is 21.4. The van der Waals surface area contributed by atoms with Gasteiger partial charge in [0.05, 0.1) is 18.0 Å². The predicted octanol–water partition coefficient (Wildman–Crippen LogP) is 6.39. The van der Waals surface area contributed by atoms with E-state index in [1.807, 2.05) is 47.5 Å². The molecule has 6 rings (SSSR count). The quantitative estimate of drug-likeness (QED) is 0.341. The van der Waals surface area contributed by atoms with Crippen molar-refractivity contribution in [3.8, 4) is 0 Å². The SMILES string of the molecule is CC1c2ccccc2C(=O)N1CCCC1=Cc2cc(Cl)ccc2C(C2CCN(S(C)(=O)=O)CC2)c2ncccc21. The molecule has 0 N–H and O–H groups in total. The third-order valence-electron chi connectivity index (χ3n) is 8.85. The summed E-state index contributed by atoms with van der Waals surface area (Å²) < 4.78 is 25.9. The molecule has 1 aliphatic carbocycles. The Morgan fingerprint density at radius 2 is 1.75 bits per heavy atom. The van der Waals surface area contributed by atoms with E-state index in [1.165, 1.54) is 17.4 Å². The number of carbonyl (C=O) groups excluding carboxylic acids is 1. The number of hydrogen-bond acceptors (Lipinski definition) is 4. The van der Waals surface area contributed by atoms with Crippen molar-refractivity contribution in [2.45, 2.75) is 44.6 Å². The lowest BCUT2D eigenvalue weighted by Crippen LogP contribution is -2.39. The van der Waals surface area contributed by atoms with Gasteiger partial charge in [-0.15, -0.1) is 0 Å². The van der Waals surface area contributed by atoms with E-state index in [0.717, 1.165) is 53.6 Å². The number of hydrogen-bond donors (Lipinski definition) is 0. The highest BCUT2D eigenvalue weighted by Gasteiger charge is 2.36. The van der Waals surface area contributed by atoms with Crippen molar-refractivity contribution in [1.29, 1.82) is 0 Å². The van der Waals surface area contributed by atoms with Crippen molar-refractivity contribution in [1.82, 2.24) is 14.2 Å². The molecule has 208 valence electrons. The summed E-state index contributed by atoms with van der Waals surface area (Å²) in [7, 11) is -3.20. The Bertz CT molecular complexity index is 1590. The van der Waals surface area contributed by atoms with Gasteiger partial charge >= 0.3 is 0 Å². The highest BCUT2D eigenvalue weighted by Crippen LogP contribution is 2.45. The van der Waals surface area contributed by atoms with E-state index in [9.17, 15) is 13.2 Å². The van der Waals surface area contributed by atoms with Gasteiger partial charge in [0, 0.05) is 42.3 Å². The minimum atomic E-state index is -3.20. The third-order valence-corrected chi connectivity index (χ3v) is 10.4. The van der Waals surface area contributed by atoms with Crippen LogP contribution in [-0.2, 0) is 10.0 Å². The fraction of sp³-hybridized carbons (Fsp3) is 0.375. The molecule has 0 radical (unpaired) electrons. The molecule has 2 aromatic carbocycles. The molecule has 2 atom stereocenters. The number of nitrogens with zero attached hydrogens (tertiary/aromatic N) is 3. The van der Waals surface area contributed by atoms with Crippen LogP contribution in [0.3, 0.4) is 0 Å². The number of sulfonamides is 1. The predicted molar refractivity (Wildman–Crippen MR) is 160 cm³/mol. The van der Waals surface area contributed by atoms with Crippen LogP contribution in [0.15, 0.2) is 60.8 Å². The maximum absolute atomic E-state index is 13.1. The van der Waals surface area contributed by atoms with Gasteiger partial charge in [0.15, 0.2) is 0 Å². The summed E-state index contributed by atoms with van der Waals surface area (Å²) in [6, 6.07) is 18.2. The summed E-state index contributed by atoms with van der Waals surface area (Å²) in [6.07, 6.45) is 8.59. The number of piperidine rings is 1. The lowest BCUT2D eigenvalue weighted by atomic mass is 9.76. The minimum absolute atomic E-state index is 0.0496. The van der Waals surface area contributed by atoms with Crippen molar-refractivity contribution in [2.75, 3.05) is 25.9 Å². The van der Waals surface area contributed by atoms with Gasteiger partial charge in [0.25, 0.3) is 5.91 Å². The average Bonchev–Trinajstić information content (AvgIpc) is 3.10. The van der Waals surface area contributed by atoms with Gasteiger partial charge in [-0.05, 0) is 90.6 Å². The number of carbonyl (C=O) groups is 1. The maximum atomic E-state index is 13.1. The number of halogens is 1. The second-order valence-corrected chi connectivity index (χ2v) is 13.6. The second kappa shape index (κ2) is 10.8. The highest BCUT2D eigenvalue weighted by atomic mass is 35.5. The van der Waals surface area contributed by atoms with E-state index in [0.29, 0.717) is 24.7 Å². The molecule has 0 saturated carbocycles. The molecular formula is C32H34ClN3O3S. The summed E-state index contributed by atoms with van der Waals surface area (Å²) in [5.74, 6) is 0.423. The first-order valence-electron chi connectivity index (χ1n) is 14.0. The third kappa shape index (κ3) is 5.00. The molecular weight excluding hydrogens is 542 g/mol. The monoisotopic (exact) mass is 575 g/mol. The van der Waals surface area contributed by atoms with E-state index >= 15 is 0 Å². The Morgan fingerprint density at radius 3 is 2.50 bits per heavy atom. The van der Waals surface area contributed by atoms with Gasteiger partial charge in [0.1, 0.15) is 0 Å². The molecule has 1 saturated heterocycles. The average molecular weight is 576 g/mol. The second-order valence-electron chi connectivity index (χ2n) is 11.2. The van der Waals surface area contributed by atoms with Crippen LogP contribution < -0.4 is 0 Å². The number of rotatable bonds is 6. The lowest BCUT2D eigenvalue weighted by molar-refractivity contribution is 0.0736. The standard InChI is InChI=1S/C32H34ClN3O3S/c1-21-26-8-3-4-9-29(26)32(37)36(21)16-6-7-23-19-24-20-25(33)11-12-27(24)30(31-28(23)10-5-15-34-31)22-13-17-35(18-14-22)40(2,38)39/h3-5,8-12,15,19-22,30H,6-7,13-14,16-18H2,1-2H3. The molecule has 3 aromatic rings. The fourth-order valence-electron chi connectivity index (χ4n) is 6.82. The molecule has 6 nitrogen and oxygen atoms in total. The Kier molecular flexibility index (Phi) is 7.32. The number of fused-ring (bicyclic) bond motifs is 3. The smallest absolute Gasteiger partial charge is 0.254 e. The molecule has 3 heterocycles. The number of aromatic nitrogens is 1. The van der Waals surface area contributed by atoms with Crippen LogP contribution in [0.4, 0.5) is 0 Å². The topological polar surface area (TPSA) is 70.6 Å². The molecule has 0 bridgehead atoms. The van der Waals surface area contributed by atoms with Crippen LogP contribution in [0.25, 0.3) is 11.6 Å². The van der Waals surface area contributed by atoms with E-state index < -0.39 is 10.0 Å². The molecule has 40 heavy (non-hydrogen) atoms. The van der Waals surface area contributed by atoms with Crippen molar-refractivity contribution >= 4 is 39.2 Å². The summed E-state index contributed by atoms with van der Waals surface area (Å²) >= 11 is 6.50. The van der Waals surface area contributed by atoms with E-state index in [2.05, 4.69) is 31.2 Å². The van der Waals surface area contributed by atoms with Gasteiger partial charge in [0.2, 0.25) is 10.0 Å². The minimum Gasteiger partial charge on any atom is -0.332 e. The zero-order chi connectivity index (χ0) is 28.0.